The summed E-state index contributed by atoms with van der Waals surface area (Å²) in [5.74, 6) is -0.608. The minimum atomic E-state index is -4.32. The third-order valence-corrected chi connectivity index (χ3v) is 7.47. The van der Waals surface area contributed by atoms with Gasteiger partial charge in [-0.2, -0.15) is 16.8 Å². The molecular formula is C23H22O8S2. The summed E-state index contributed by atoms with van der Waals surface area (Å²) in [6.07, 6.45) is -0.738. The fraction of sp³-hybridized carbons (Fsp3) is 0.217. The van der Waals surface area contributed by atoms with Crippen molar-refractivity contribution in [2.24, 2.45) is 0 Å². The van der Waals surface area contributed by atoms with E-state index in [4.69, 9.17) is 13.1 Å². The summed E-state index contributed by atoms with van der Waals surface area (Å²) in [4.78, 5) is -0.251. The molecule has 174 valence electrons. The van der Waals surface area contributed by atoms with Crippen molar-refractivity contribution in [3.63, 3.8) is 0 Å². The maximum Gasteiger partial charge on any atom is 0.339 e. The summed E-state index contributed by atoms with van der Waals surface area (Å²) in [5, 5.41) is 10.6. The van der Waals surface area contributed by atoms with Crippen LogP contribution in [0.1, 0.15) is 31.9 Å². The molecule has 1 unspecified atom stereocenters. The Balaban J connectivity index is 1.81. The van der Waals surface area contributed by atoms with Gasteiger partial charge < -0.3 is 18.2 Å². The zero-order chi connectivity index (χ0) is 23.9. The molecule has 10 heteroatoms. The highest BCUT2D eigenvalue weighted by Crippen LogP contribution is 2.46. The summed E-state index contributed by atoms with van der Waals surface area (Å²) >= 11 is 0. The molecule has 0 fully saturated rings. The van der Waals surface area contributed by atoms with Crippen molar-refractivity contribution in [1.82, 2.24) is 0 Å². The van der Waals surface area contributed by atoms with Crippen LogP contribution in [0.2, 0.25) is 0 Å². The number of hydrogen-bond donors (Lipinski definition) is 1. The molecule has 0 saturated heterocycles. The maximum absolute atomic E-state index is 12.8. The van der Waals surface area contributed by atoms with E-state index in [9.17, 15) is 21.9 Å². The third kappa shape index (κ3) is 4.97. The van der Waals surface area contributed by atoms with Crippen molar-refractivity contribution in [3.8, 4) is 17.2 Å². The van der Waals surface area contributed by atoms with Crippen LogP contribution < -0.4 is 13.1 Å². The fourth-order valence-corrected chi connectivity index (χ4v) is 5.36. The lowest BCUT2D eigenvalue weighted by Crippen LogP contribution is -2.34. The summed E-state index contributed by atoms with van der Waals surface area (Å²) in [6.45, 7) is 3.54. The summed E-state index contributed by atoms with van der Waals surface area (Å²) in [5.41, 5.74) is -0.474. The molecule has 0 amide bonds. The Morgan fingerprint density at radius 1 is 0.818 bits per heavy atom. The van der Waals surface area contributed by atoms with Crippen molar-refractivity contribution in [2.75, 3.05) is 0 Å². The van der Waals surface area contributed by atoms with E-state index in [2.05, 4.69) is 0 Å². The molecule has 0 spiro atoms. The molecular weight excluding hydrogens is 468 g/mol. The second-order valence-electron chi connectivity index (χ2n) is 8.12. The van der Waals surface area contributed by atoms with Crippen LogP contribution in [0.15, 0.2) is 82.6 Å². The van der Waals surface area contributed by atoms with Gasteiger partial charge in [-0.25, -0.2) is 0 Å². The van der Waals surface area contributed by atoms with Crippen LogP contribution >= 0.6 is 0 Å². The molecule has 4 rings (SSSR count). The number of hydrogen-bond acceptors (Lipinski definition) is 8. The van der Waals surface area contributed by atoms with Gasteiger partial charge in [0.15, 0.2) is 11.5 Å². The van der Waals surface area contributed by atoms with Crippen molar-refractivity contribution in [1.29, 1.82) is 0 Å². The second kappa shape index (κ2) is 8.36. The van der Waals surface area contributed by atoms with Crippen LogP contribution in [0.25, 0.3) is 0 Å². The average molecular weight is 491 g/mol. The van der Waals surface area contributed by atoms with Crippen LogP contribution in [-0.2, 0) is 20.2 Å². The molecule has 1 atom stereocenters. The van der Waals surface area contributed by atoms with Gasteiger partial charge >= 0.3 is 20.2 Å². The van der Waals surface area contributed by atoms with Gasteiger partial charge in [0.1, 0.15) is 21.1 Å². The first-order valence-corrected chi connectivity index (χ1v) is 12.8. The minimum absolute atomic E-state index is 0.124. The first-order valence-electron chi connectivity index (χ1n) is 10.0. The smallest absolute Gasteiger partial charge is 0.339 e. The first-order chi connectivity index (χ1) is 15.5. The molecule has 1 aliphatic rings. The van der Waals surface area contributed by atoms with E-state index in [0.29, 0.717) is 0 Å². The van der Waals surface area contributed by atoms with E-state index in [1.54, 1.807) is 26.0 Å². The van der Waals surface area contributed by atoms with E-state index >= 15 is 0 Å². The number of aliphatic hydroxyl groups is 1. The van der Waals surface area contributed by atoms with E-state index in [1.807, 2.05) is 0 Å². The topological polar surface area (TPSA) is 116 Å². The van der Waals surface area contributed by atoms with Crippen LogP contribution in [0.4, 0.5) is 0 Å². The van der Waals surface area contributed by atoms with Gasteiger partial charge in [0.25, 0.3) is 0 Å². The summed E-state index contributed by atoms with van der Waals surface area (Å²) < 4.78 is 67.8. The summed E-state index contributed by atoms with van der Waals surface area (Å²) in [7, 11) is -8.64. The van der Waals surface area contributed by atoms with Gasteiger partial charge in [-0.05, 0) is 44.2 Å². The molecule has 1 N–H and O–H groups in total. The molecule has 0 radical (unpaired) electrons. The molecule has 3 aromatic carbocycles. The Bertz CT molecular complexity index is 1370. The molecule has 0 saturated carbocycles. The lowest BCUT2D eigenvalue weighted by Gasteiger charge is -2.35. The summed E-state index contributed by atoms with van der Waals surface area (Å²) in [6, 6.07) is 17.2. The predicted molar refractivity (Wildman–Crippen MR) is 119 cm³/mol. The van der Waals surface area contributed by atoms with Crippen LogP contribution in [0.3, 0.4) is 0 Å². The van der Waals surface area contributed by atoms with Crippen LogP contribution in [0, 0.1) is 0 Å². The molecule has 8 nitrogen and oxygen atoms in total. The molecule has 0 aliphatic carbocycles. The quantitative estimate of drug-likeness (QED) is 0.519. The number of benzene rings is 3. The molecule has 1 aliphatic heterocycles. The normalized spacial score (nSPS) is 17.5. The average Bonchev–Trinajstić information content (AvgIpc) is 2.75. The van der Waals surface area contributed by atoms with Crippen molar-refractivity contribution in [3.05, 3.63) is 78.4 Å². The van der Waals surface area contributed by atoms with Crippen molar-refractivity contribution >= 4 is 20.2 Å². The minimum Gasteiger partial charge on any atom is -0.487 e. The number of ether oxygens (including phenoxy) is 1. The molecule has 0 bridgehead atoms. The first kappa shape index (κ1) is 23.1. The lowest BCUT2D eigenvalue weighted by molar-refractivity contribution is 0.0113. The molecule has 0 aromatic heterocycles. The second-order valence-corrected chi connectivity index (χ2v) is 11.2. The SMILES string of the molecule is CC1(C)CC(O)c2cc(OS(=O)(=O)c3ccccc3)c(OS(=O)(=O)c3ccccc3)cc2O1. The van der Waals surface area contributed by atoms with Gasteiger partial charge in [0.2, 0.25) is 0 Å². The Kier molecular flexibility index (Phi) is 5.85. The zero-order valence-corrected chi connectivity index (χ0v) is 19.5. The Morgan fingerprint density at radius 2 is 1.27 bits per heavy atom. The highest BCUT2D eigenvalue weighted by molar-refractivity contribution is 7.87. The monoisotopic (exact) mass is 490 g/mol. The number of fused-ring (bicyclic) bond motifs is 1. The van der Waals surface area contributed by atoms with Gasteiger partial charge in [0, 0.05) is 18.1 Å². The highest BCUT2D eigenvalue weighted by Gasteiger charge is 2.35. The number of rotatable bonds is 6. The Hall–Kier alpha value is -3.08. The van der Waals surface area contributed by atoms with E-state index in [-0.39, 0.29) is 39.0 Å². The number of aliphatic hydroxyl groups excluding tert-OH is 1. The van der Waals surface area contributed by atoms with Crippen molar-refractivity contribution in [2.45, 2.75) is 41.8 Å². The maximum atomic E-state index is 12.8. The van der Waals surface area contributed by atoms with Crippen LogP contribution in [0.5, 0.6) is 17.2 Å². The van der Waals surface area contributed by atoms with E-state index in [0.717, 1.165) is 0 Å². The van der Waals surface area contributed by atoms with E-state index in [1.165, 1.54) is 60.7 Å². The van der Waals surface area contributed by atoms with Gasteiger partial charge in [-0.15, -0.1) is 0 Å². The highest BCUT2D eigenvalue weighted by atomic mass is 32.2. The van der Waals surface area contributed by atoms with Crippen LogP contribution in [-0.4, -0.2) is 27.5 Å². The largest absolute Gasteiger partial charge is 0.487 e. The third-order valence-electron chi connectivity index (χ3n) is 4.97. The van der Waals surface area contributed by atoms with Gasteiger partial charge in [-0.3, -0.25) is 0 Å². The van der Waals surface area contributed by atoms with E-state index < -0.39 is 31.9 Å². The molecule has 1 heterocycles. The lowest BCUT2D eigenvalue weighted by atomic mass is 9.91. The predicted octanol–water partition coefficient (Wildman–Crippen LogP) is 3.82. The molecule has 33 heavy (non-hydrogen) atoms. The van der Waals surface area contributed by atoms with Gasteiger partial charge in [-0.1, -0.05) is 36.4 Å². The zero-order valence-electron chi connectivity index (χ0n) is 17.8. The Morgan fingerprint density at radius 3 is 1.76 bits per heavy atom. The van der Waals surface area contributed by atoms with Gasteiger partial charge in [0.05, 0.1) is 6.10 Å². The Labute approximate surface area is 192 Å². The fourth-order valence-electron chi connectivity index (χ4n) is 3.46. The molecule has 3 aromatic rings. The standard InChI is InChI=1S/C23H22O8S2/c1-23(2)15-19(24)18-13-21(30-32(25,26)16-9-5-3-6-10-16)22(14-20(18)29-23)31-33(27,28)17-11-7-4-8-12-17/h3-14,19,24H,15H2,1-2H3. The van der Waals surface area contributed by atoms with Crippen molar-refractivity contribution < 1.29 is 35.0 Å².